The van der Waals surface area contributed by atoms with E-state index >= 15 is 0 Å². The van der Waals surface area contributed by atoms with Crippen molar-refractivity contribution < 1.29 is 4.74 Å². The lowest BCUT2D eigenvalue weighted by Crippen LogP contribution is -2.36. The Balaban J connectivity index is 1.49. The molecule has 0 atom stereocenters. The van der Waals surface area contributed by atoms with Crippen LogP contribution < -0.4 is 10.2 Å². The second-order valence-electron chi connectivity index (χ2n) is 9.64. The molecule has 0 aliphatic carbocycles. The Morgan fingerprint density at radius 2 is 1.91 bits per heavy atom. The number of hydrogen-bond donors (Lipinski definition) is 2. The minimum absolute atomic E-state index is 0.398. The van der Waals surface area contributed by atoms with Gasteiger partial charge in [0.15, 0.2) is 5.65 Å². The normalized spacial score (nSPS) is 18.1. The van der Waals surface area contributed by atoms with Crippen molar-refractivity contribution in [3.8, 4) is 11.3 Å². The van der Waals surface area contributed by atoms with Crippen molar-refractivity contribution in [3.05, 3.63) is 47.9 Å². The van der Waals surface area contributed by atoms with Crippen molar-refractivity contribution in [1.29, 1.82) is 0 Å². The maximum absolute atomic E-state index is 5.59. The number of benzene rings is 1. The second-order valence-corrected chi connectivity index (χ2v) is 9.64. The van der Waals surface area contributed by atoms with Gasteiger partial charge in [-0.3, -0.25) is 0 Å². The number of aromatic amines is 1. The van der Waals surface area contributed by atoms with Crippen LogP contribution in [0.25, 0.3) is 27.8 Å². The van der Waals surface area contributed by atoms with Crippen LogP contribution in [0.3, 0.4) is 0 Å². The van der Waals surface area contributed by atoms with Crippen LogP contribution in [0.1, 0.15) is 49.7 Å². The lowest BCUT2D eigenvalue weighted by molar-refractivity contribution is 0.123. The molecule has 7 nitrogen and oxygen atoms in total. The maximum atomic E-state index is 5.59. The van der Waals surface area contributed by atoms with Gasteiger partial charge in [-0.05, 0) is 67.1 Å². The van der Waals surface area contributed by atoms with E-state index in [9.17, 15) is 0 Å². The molecule has 5 heterocycles. The fourth-order valence-corrected chi connectivity index (χ4v) is 5.55. The molecule has 2 saturated heterocycles. The van der Waals surface area contributed by atoms with E-state index in [2.05, 4.69) is 69.6 Å². The van der Waals surface area contributed by atoms with Gasteiger partial charge in [0.25, 0.3) is 0 Å². The van der Waals surface area contributed by atoms with Crippen molar-refractivity contribution >= 4 is 22.2 Å². The van der Waals surface area contributed by atoms with Crippen molar-refractivity contribution in [2.75, 3.05) is 44.3 Å². The number of nitrogens with zero attached hydrogens (tertiary/aromatic N) is 4. The first-order valence-electron chi connectivity index (χ1n) is 12.2. The van der Waals surface area contributed by atoms with Crippen LogP contribution in [0, 0.1) is 0 Å². The molecule has 0 radical (unpaired) electrons. The van der Waals surface area contributed by atoms with E-state index in [1.54, 1.807) is 6.33 Å². The molecule has 2 aliphatic heterocycles. The summed E-state index contributed by atoms with van der Waals surface area (Å²) in [6.45, 7) is 10.0. The highest BCUT2D eigenvalue weighted by Crippen LogP contribution is 2.39. The number of piperidine rings is 1. The first-order chi connectivity index (χ1) is 16.2. The molecular weight excluding hydrogens is 412 g/mol. The van der Waals surface area contributed by atoms with E-state index < -0.39 is 0 Å². The van der Waals surface area contributed by atoms with E-state index in [0.29, 0.717) is 11.8 Å². The highest BCUT2D eigenvalue weighted by atomic mass is 16.5. The molecule has 0 amide bonds. The second kappa shape index (κ2) is 8.47. The van der Waals surface area contributed by atoms with Gasteiger partial charge in [0.2, 0.25) is 0 Å². The van der Waals surface area contributed by atoms with E-state index in [0.717, 1.165) is 56.3 Å². The summed E-state index contributed by atoms with van der Waals surface area (Å²) < 4.78 is 7.50. The van der Waals surface area contributed by atoms with Crippen LogP contribution in [0.2, 0.25) is 0 Å². The summed E-state index contributed by atoms with van der Waals surface area (Å²) in [5.74, 6) is 1.05. The molecule has 1 aromatic carbocycles. The number of pyridine rings is 1. The van der Waals surface area contributed by atoms with E-state index in [1.165, 1.54) is 40.6 Å². The van der Waals surface area contributed by atoms with Crippen LogP contribution in [-0.2, 0) is 4.74 Å². The Kier molecular flexibility index (Phi) is 5.31. The number of nitrogens with one attached hydrogen (secondary N) is 2. The largest absolute Gasteiger partial charge is 0.378 e. The van der Waals surface area contributed by atoms with E-state index in [-0.39, 0.29) is 0 Å². The molecule has 0 spiro atoms. The molecule has 4 aromatic rings. The van der Waals surface area contributed by atoms with Crippen molar-refractivity contribution in [2.45, 2.75) is 38.5 Å². The monoisotopic (exact) mass is 444 g/mol. The molecule has 3 aromatic heterocycles. The van der Waals surface area contributed by atoms with Crippen molar-refractivity contribution in [3.63, 3.8) is 0 Å². The van der Waals surface area contributed by atoms with Gasteiger partial charge in [0.1, 0.15) is 6.33 Å². The third-order valence-corrected chi connectivity index (χ3v) is 7.25. The first-order valence-corrected chi connectivity index (χ1v) is 12.2. The molecule has 7 heteroatoms. The minimum atomic E-state index is 0.398. The summed E-state index contributed by atoms with van der Waals surface area (Å²) >= 11 is 0. The van der Waals surface area contributed by atoms with E-state index in [1.807, 2.05) is 4.52 Å². The summed E-state index contributed by atoms with van der Waals surface area (Å²) in [5.41, 5.74) is 8.42. The summed E-state index contributed by atoms with van der Waals surface area (Å²) in [6.07, 6.45) is 6.18. The Morgan fingerprint density at radius 3 is 2.70 bits per heavy atom. The number of H-pyrrole nitrogens is 1. The Hall–Kier alpha value is -2.90. The summed E-state index contributed by atoms with van der Waals surface area (Å²) in [6, 6.07) is 9.32. The average molecular weight is 445 g/mol. The van der Waals surface area contributed by atoms with Gasteiger partial charge in [0, 0.05) is 35.8 Å². The standard InChI is InChI=1S/C26H32N6O/c1-17(2)24-21-13-19(18-5-7-27-8-6-18)3-4-22(21)30-25(24)20-14-23(31-9-11-33-12-10-31)26-28-16-29-32(26)15-20/h3-4,13-18,27,30H,5-12H2,1-2H3. The average Bonchev–Trinajstić information content (AvgIpc) is 3.48. The van der Waals surface area contributed by atoms with Gasteiger partial charge < -0.3 is 19.9 Å². The van der Waals surface area contributed by atoms with Crippen LogP contribution >= 0.6 is 0 Å². The smallest absolute Gasteiger partial charge is 0.178 e. The molecule has 0 saturated carbocycles. The number of hydrogen-bond acceptors (Lipinski definition) is 5. The summed E-state index contributed by atoms with van der Waals surface area (Å²) in [5, 5.41) is 9.33. The zero-order chi connectivity index (χ0) is 22.4. The molecule has 0 bridgehead atoms. The molecule has 2 N–H and O–H groups in total. The van der Waals surface area contributed by atoms with Gasteiger partial charge in [-0.2, -0.15) is 5.10 Å². The van der Waals surface area contributed by atoms with Crippen LogP contribution in [-0.4, -0.2) is 59.0 Å². The minimum Gasteiger partial charge on any atom is -0.378 e. The highest BCUT2D eigenvalue weighted by Gasteiger charge is 2.22. The Morgan fingerprint density at radius 1 is 1.09 bits per heavy atom. The fraction of sp³-hybridized carbons (Fsp3) is 0.462. The lowest BCUT2D eigenvalue weighted by Gasteiger charge is -2.29. The SMILES string of the molecule is CC(C)c1c(-c2cc(N3CCOCC3)c3ncnn3c2)[nH]c2ccc(C3CCNCC3)cc12. The number of rotatable bonds is 4. The number of aromatic nitrogens is 4. The van der Waals surface area contributed by atoms with Gasteiger partial charge in [-0.1, -0.05) is 19.9 Å². The van der Waals surface area contributed by atoms with E-state index in [4.69, 9.17) is 4.74 Å². The summed E-state index contributed by atoms with van der Waals surface area (Å²) in [7, 11) is 0. The zero-order valence-electron chi connectivity index (χ0n) is 19.5. The molecule has 2 fully saturated rings. The topological polar surface area (TPSA) is 70.5 Å². The molecular formula is C26H32N6O. The number of anilines is 1. The Labute approximate surface area is 194 Å². The van der Waals surface area contributed by atoms with Crippen molar-refractivity contribution in [2.24, 2.45) is 0 Å². The molecule has 2 aliphatic rings. The Bertz CT molecular complexity index is 1280. The van der Waals surface area contributed by atoms with Gasteiger partial charge in [-0.15, -0.1) is 0 Å². The van der Waals surface area contributed by atoms with Gasteiger partial charge in [-0.25, -0.2) is 9.50 Å². The van der Waals surface area contributed by atoms with Crippen LogP contribution in [0.5, 0.6) is 0 Å². The fourth-order valence-electron chi connectivity index (χ4n) is 5.55. The number of fused-ring (bicyclic) bond motifs is 2. The number of ether oxygens (including phenoxy) is 1. The molecule has 33 heavy (non-hydrogen) atoms. The first kappa shape index (κ1) is 20.7. The molecule has 6 rings (SSSR count). The van der Waals surface area contributed by atoms with Crippen molar-refractivity contribution in [1.82, 2.24) is 24.9 Å². The predicted molar refractivity (Wildman–Crippen MR) is 132 cm³/mol. The lowest BCUT2D eigenvalue weighted by atomic mass is 9.88. The molecule has 172 valence electrons. The highest BCUT2D eigenvalue weighted by molar-refractivity contribution is 5.92. The predicted octanol–water partition coefficient (Wildman–Crippen LogP) is 4.30. The van der Waals surface area contributed by atoms with Gasteiger partial charge >= 0.3 is 0 Å². The maximum Gasteiger partial charge on any atom is 0.178 e. The quantitative estimate of drug-likeness (QED) is 0.491. The molecule has 0 unspecified atom stereocenters. The summed E-state index contributed by atoms with van der Waals surface area (Å²) in [4.78, 5) is 10.7. The third-order valence-electron chi connectivity index (χ3n) is 7.25. The van der Waals surface area contributed by atoms with Gasteiger partial charge in [0.05, 0.1) is 24.6 Å². The number of morpholine rings is 1. The van der Waals surface area contributed by atoms with Crippen LogP contribution in [0.4, 0.5) is 5.69 Å². The zero-order valence-corrected chi connectivity index (χ0v) is 19.5. The van der Waals surface area contributed by atoms with Crippen LogP contribution in [0.15, 0.2) is 36.8 Å². The third kappa shape index (κ3) is 3.69.